The molecule has 2 aromatic carbocycles. The number of thiazole rings is 1. The standard InChI is InChI=1S/C23H22F4N4O2S/c24-17-4-1-15(2-5-17)19-14-34-22(30-19)28-8-7-21-29-18-13-16(23(25,26)27)3-6-20(18)31(21)9-11-33-12-10-32/h1-6,13-14,32H,7-12H2,(H,28,30). The Balaban J connectivity index is 1.48. The zero-order chi connectivity index (χ0) is 24.1. The summed E-state index contributed by atoms with van der Waals surface area (Å²) in [6.07, 6.45) is -4.00. The molecule has 0 fully saturated rings. The molecule has 0 aliphatic carbocycles. The smallest absolute Gasteiger partial charge is 0.394 e. The second-order valence-electron chi connectivity index (χ2n) is 7.44. The summed E-state index contributed by atoms with van der Waals surface area (Å²) >= 11 is 1.41. The van der Waals surface area contributed by atoms with Crippen LogP contribution in [-0.2, 0) is 23.9 Å². The monoisotopic (exact) mass is 494 g/mol. The molecule has 4 rings (SSSR count). The molecule has 0 aliphatic rings. The number of fused-ring (bicyclic) bond motifs is 1. The Hall–Kier alpha value is -3.02. The van der Waals surface area contributed by atoms with Crippen molar-refractivity contribution in [3.8, 4) is 11.3 Å². The van der Waals surface area contributed by atoms with E-state index < -0.39 is 11.7 Å². The Kier molecular flexibility index (Phi) is 7.44. The van der Waals surface area contributed by atoms with Gasteiger partial charge in [0.25, 0.3) is 0 Å². The quantitative estimate of drug-likeness (QED) is 0.240. The fourth-order valence-corrected chi connectivity index (χ4v) is 4.26. The largest absolute Gasteiger partial charge is 0.416 e. The van der Waals surface area contributed by atoms with Crippen LogP contribution in [0.3, 0.4) is 0 Å². The molecule has 6 nitrogen and oxygen atoms in total. The van der Waals surface area contributed by atoms with Crippen molar-refractivity contribution in [2.75, 3.05) is 31.7 Å². The summed E-state index contributed by atoms with van der Waals surface area (Å²) < 4.78 is 59.7. The molecule has 0 spiro atoms. The molecule has 0 radical (unpaired) electrons. The van der Waals surface area contributed by atoms with Crippen LogP contribution in [0.25, 0.3) is 22.3 Å². The van der Waals surface area contributed by atoms with Gasteiger partial charge in [0.05, 0.1) is 42.1 Å². The number of nitrogens with zero attached hydrogens (tertiary/aromatic N) is 3. The molecule has 34 heavy (non-hydrogen) atoms. The van der Waals surface area contributed by atoms with Gasteiger partial charge in [-0.3, -0.25) is 0 Å². The molecule has 11 heteroatoms. The fraction of sp³-hybridized carbons (Fsp3) is 0.304. The lowest BCUT2D eigenvalue weighted by molar-refractivity contribution is -0.137. The lowest BCUT2D eigenvalue weighted by Crippen LogP contribution is -2.14. The highest BCUT2D eigenvalue weighted by molar-refractivity contribution is 7.14. The second-order valence-corrected chi connectivity index (χ2v) is 8.30. The number of nitrogens with one attached hydrogen (secondary N) is 1. The number of rotatable bonds is 10. The zero-order valence-electron chi connectivity index (χ0n) is 18.0. The Labute approximate surface area is 196 Å². The molecule has 2 aromatic heterocycles. The Morgan fingerprint density at radius 1 is 1.06 bits per heavy atom. The van der Waals surface area contributed by atoms with E-state index in [1.807, 2.05) is 9.95 Å². The molecule has 2 heterocycles. The minimum atomic E-state index is -4.45. The first-order valence-corrected chi connectivity index (χ1v) is 11.4. The molecule has 0 amide bonds. The van der Waals surface area contributed by atoms with Gasteiger partial charge in [-0.25, -0.2) is 14.4 Å². The topological polar surface area (TPSA) is 72.2 Å². The third-order valence-corrected chi connectivity index (χ3v) is 5.92. The van der Waals surface area contributed by atoms with Gasteiger partial charge in [0, 0.05) is 30.5 Å². The van der Waals surface area contributed by atoms with Crippen molar-refractivity contribution >= 4 is 27.5 Å². The van der Waals surface area contributed by atoms with E-state index in [-0.39, 0.29) is 24.5 Å². The Morgan fingerprint density at radius 3 is 2.59 bits per heavy atom. The number of hydrogen-bond acceptors (Lipinski definition) is 6. The van der Waals surface area contributed by atoms with Gasteiger partial charge in [0.2, 0.25) is 0 Å². The second kappa shape index (κ2) is 10.5. The van der Waals surface area contributed by atoms with E-state index in [1.165, 1.54) is 29.5 Å². The summed E-state index contributed by atoms with van der Waals surface area (Å²) in [4.78, 5) is 8.95. The molecule has 0 aliphatic heterocycles. The maximum atomic E-state index is 13.1. The molecular weight excluding hydrogens is 472 g/mol. The molecule has 0 saturated heterocycles. The molecule has 2 N–H and O–H groups in total. The normalized spacial score (nSPS) is 11.9. The minimum Gasteiger partial charge on any atom is -0.394 e. The number of ether oxygens (including phenoxy) is 1. The van der Waals surface area contributed by atoms with E-state index in [2.05, 4.69) is 15.3 Å². The van der Waals surface area contributed by atoms with Crippen molar-refractivity contribution in [1.29, 1.82) is 0 Å². The van der Waals surface area contributed by atoms with Crippen molar-refractivity contribution in [2.45, 2.75) is 19.1 Å². The van der Waals surface area contributed by atoms with Crippen LogP contribution in [0.1, 0.15) is 11.4 Å². The first-order chi connectivity index (χ1) is 16.3. The number of aliphatic hydroxyl groups is 1. The number of halogens is 4. The number of imidazole rings is 1. The van der Waals surface area contributed by atoms with Crippen molar-refractivity contribution in [3.63, 3.8) is 0 Å². The first-order valence-electron chi connectivity index (χ1n) is 10.6. The van der Waals surface area contributed by atoms with Gasteiger partial charge in [-0.05, 0) is 42.5 Å². The molecule has 0 atom stereocenters. The maximum absolute atomic E-state index is 13.1. The summed E-state index contributed by atoms with van der Waals surface area (Å²) in [5.41, 5.74) is 1.63. The predicted octanol–water partition coefficient (Wildman–Crippen LogP) is 4.98. The van der Waals surface area contributed by atoms with Crippen LogP contribution in [0.15, 0.2) is 47.8 Å². The summed E-state index contributed by atoms with van der Waals surface area (Å²) in [5.74, 6) is 0.300. The van der Waals surface area contributed by atoms with Gasteiger partial charge in [-0.1, -0.05) is 0 Å². The number of aromatic nitrogens is 3. The van der Waals surface area contributed by atoms with E-state index in [0.717, 1.165) is 23.4 Å². The van der Waals surface area contributed by atoms with Crippen molar-refractivity contribution in [1.82, 2.24) is 14.5 Å². The summed E-state index contributed by atoms with van der Waals surface area (Å²) in [7, 11) is 0. The van der Waals surface area contributed by atoms with E-state index in [0.29, 0.717) is 42.6 Å². The number of hydrogen-bond donors (Lipinski definition) is 2. The van der Waals surface area contributed by atoms with Crippen LogP contribution in [0.5, 0.6) is 0 Å². The lowest BCUT2D eigenvalue weighted by atomic mass is 10.2. The summed E-state index contributed by atoms with van der Waals surface area (Å²) in [6, 6.07) is 9.58. The molecule has 0 unspecified atom stereocenters. The maximum Gasteiger partial charge on any atom is 0.416 e. The van der Waals surface area contributed by atoms with E-state index in [9.17, 15) is 17.6 Å². The number of alkyl halides is 3. The van der Waals surface area contributed by atoms with Gasteiger partial charge >= 0.3 is 6.18 Å². The van der Waals surface area contributed by atoms with Crippen LogP contribution in [0.2, 0.25) is 0 Å². The van der Waals surface area contributed by atoms with Crippen LogP contribution < -0.4 is 5.32 Å². The fourth-order valence-electron chi connectivity index (χ4n) is 3.51. The average Bonchev–Trinajstić information content (AvgIpc) is 3.41. The molecule has 0 saturated carbocycles. The summed E-state index contributed by atoms with van der Waals surface area (Å²) in [5, 5.41) is 14.6. The Bertz CT molecular complexity index is 1240. The van der Waals surface area contributed by atoms with Gasteiger partial charge in [0.15, 0.2) is 5.13 Å². The third kappa shape index (κ3) is 5.72. The van der Waals surface area contributed by atoms with Crippen molar-refractivity contribution in [2.24, 2.45) is 0 Å². The average molecular weight is 495 g/mol. The van der Waals surface area contributed by atoms with Crippen LogP contribution in [-0.4, -0.2) is 46.0 Å². The van der Waals surface area contributed by atoms with Gasteiger partial charge in [-0.2, -0.15) is 13.2 Å². The van der Waals surface area contributed by atoms with Gasteiger partial charge in [0.1, 0.15) is 11.6 Å². The van der Waals surface area contributed by atoms with Crippen LogP contribution in [0.4, 0.5) is 22.7 Å². The predicted molar refractivity (Wildman–Crippen MR) is 122 cm³/mol. The number of anilines is 1. The van der Waals surface area contributed by atoms with E-state index in [4.69, 9.17) is 9.84 Å². The lowest BCUT2D eigenvalue weighted by Gasteiger charge is -2.10. The molecular formula is C23H22F4N4O2S. The molecule has 4 aromatic rings. The van der Waals surface area contributed by atoms with Crippen LogP contribution in [0, 0.1) is 5.82 Å². The highest BCUT2D eigenvalue weighted by Crippen LogP contribution is 2.32. The van der Waals surface area contributed by atoms with Gasteiger partial charge in [-0.15, -0.1) is 11.3 Å². The van der Waals surface area contributed by atoms with E-state index >= 15 is 0 Å². The highest BCUT2D eigenvalue weighted by Gasteiger charge is 2.31. The number of aliphatic hydroxyl groups excluding tert-OH is 1. The SMILES string of the molecule is OCCOCCn1c(CCNc2nc(-c3ccc(F)cc3)cs2)nc2cc(C(F)(F)F)ccc21. The minimum absolute atomic E-state index is 0.107. The van der Waals surface area contributed by atoms with Crippen molar-refractivity contribution in [3.05, 3.63) is 65.0 Å². The zero-order valence-corrected chi connectivity index (χ0v) is 18.8. The van der Waals surface area contributed by atoms with Crippen molar-refractivity contribution < 1.29 is 27.4 Å². The van der Waals surface area contributed by atoms with Crippen LogP contribution >= 0.6 is 11.3 Å². The third-order valence-electron chi connectivity index (χ3n) is 5.12. The summed E-state index contributed by atoms with van der Waals surface area (Å²) in [6.45, 7) is 1.22. The van der Waals surface area contributed by atoms with Gasteiger partial charge < -0.3 is 19.7 Å². The number of benzene rings is 2. The molecule has 180 valence electrons. The Morgan fingerprint density at radius 2 is 1.85 bits per heavy atom. The first kappa shape index (κ1) is 24.1. The van der Waals surface area contributed by atoms with E-state index in [1.54, 1.807) is 12.1 Å². The highest BCUT2D eigenvalue weighted by atomic mass is 32.1. The molecule has 0 bridgehead atoms.